The molecule has 1 aliphatic heterocycles. The van der Waals surface area contributed by atoms with E-state index >= 15 is 0 Å². The molecule has 3 aliphatic rings. The summed E-state index contributed by atoms with van der Waals surface area (Å²) in [4.78, 5) is 39.7. The first kappa shape index (κ1) is 18.6. The van der Waals surface area contributed by atoms with Crippen molar-refractivity contribution in [1.29, 1.82) is 0 Å². The molecule has 2 aromatic carbocycles. The number of nitrogens with zero attached hydrogens (tertiary/aromatic N) is 1. The summed E-state index contributed by atoms with van der Waals surface area (Å²) in [6.07, 6.45) is 5.05. The number of carbonyl (C=O) groups excluding carboxylic acids is 3. The average molecular weight is 403 g/mol. The summed E-state index contributed by atoms with van der Waals surface area (Å²) < 4.78 is 10.8. The number of Topliss-reactive ketones (excluding diaryl/α,β-unsaturated/α-hetero) is 1. The Morgan fingerprint density at radius 2 is 1.63 bits per heavy atom. The summed E-state index contributed by atoms with van der Waals surface area (Å²) in [7, 11) is 1.54. The highest BCUT2D eigenvalue weighted by Gasteiger charge is 2.59. The van der Waals surface area contributed by atoms with Gasteiger partial charge in [-0.3, -0.25) is 14.4 Å². The molecule has 6 nitrogen and oxygen atoms in total. The molecule has 0 radical (unpaired) electrons. The summed E-state index contributed by atoms with van der Waals surface area (Å²) >= 11 is 0. The van der Waals surface area contributed by atoms with E-state index in [9.17, 15) is 14.4 Å². The zero-order valence-corrected chi connectivity index (χ0v) is 16.5. The fourth-order valence-corrected chi connectivity index (χ4v) is 4.90. The number of methoxy groups -OCH3 is 1. The van der Waals surface area contributed by atoms with Gasteiger partial charge in [-0.05, 0) is 42.5 Å². The minimum Gasteiger partial charge on any atom is -0.497 e. The van der Waals surface area contributed by atoms with Crippen LogP contribution >= 0.6 is 0 Å². The lowest BCUT2D eigenvalue weighted by molar-refractivity contribution is -0.123. The van der Waals surface area contributed by atoms with Gasteiger partial charge in [0.15, 0.2) is 12.4 Å². The number of ether oxygens (including phenoxy) is 2. The summed E-state index contributed by atoms with van der Waals surface area (Å²) in [6.45, 7) is -0.155. The van der Waals surface area contributed by atoms with Crippen molar-refractivity contribution < 1.29 is 23.9 Å². The van der Waals surface area contributed by atoms with Crippen molar-refractivity contribution in [1.82, 2.24) is 0 Å². The van der Waals surface area contributed by atoms with Crippen LogP contribution in [0.5, 0.6) is 11.5 Å². The molecule has 2 amide bonds. The Labute approximate surface area is 174 Å². The molecule has 5 rings (SSSR count). The van der Waals surface area contributed by atoms with Crippen molar-refractivity contribution >= 4 is 23.3 Å². The second-order valence-corrected chi connectivity index (χ2v) is 7.95. The fourth-order valence-electron chi connectivity index (χ4n) is 4.90. The van der Waals surface area contributed by atoms with Crippen LogP contribution in [-0.2, 0) is 9.59 Å². The van der Waals surface area contributed by atoms with Crippen molar-refractivity contribution in [2.45, 2.75) is 6.42 Å². The number of imide groups is 1. The first-order valence-electron chi connectivity index (χ1n) is 10.0. The molecule has 4 atom stereocenters. The monoisotopic (exact) mass is 403 g/mol. The van der Waals surface area contributed by atoms with Crippen molar-refractivity contribution in [3.05, 3.63) is 66.2 Å². The van der Waals surface area contributed by atoms with Gasteiger partial charge in [0, 0.05) is 11.6 Å². The zero-order valence-electron chi connectivity index (χ0n) is 16.5. The van der Waals surface area contributed by atoms with Gasteiger partial charge in [0.1, 0.15) is 11.5 Å². The van der Waals surface area contributed by atoms with Gasteiger partial charge in [-0.1, -0.05) is 30.4 Å². The van der Waals surface area contributed by atoms with Crippen LogP contribution in [0.1, 0.15) is 16.8 Å². The van der Waals surface area contributed by atoms with Crippen molar-refractivity contribution in [3.8, 4) is 11.5 Å². The molecular formula is C24H21NO5. The number of hydrogen-bond acceptors (Lipinski definition) is 5. The minimum atomic E-state index is -0.244. The highest BCUT2D eigenvalue weighted by atomic mass is 16.5. The second kappa shape index (κ2) is 7.13. The van der Waals surface area contributed by atoms with Gasteiger partial charge in [-0.15, -0.1) is 0 Å². The molecule has 152 valence electrons. The minimum absolute atomic E-state index is 0.133. The molecule has 0 N–H and O–H groups in total. The van der Waals surface area contributed by atoms with E-state index in [4.69, 9.17) is 9.47 Å². The van der Waals surface area contributed by atoms with Crippen LogP contribution in [-0.4, -0.2) is 31.3 Å². The summed E-state index contributed by atoms with van der Waals surface area (Å²) in [5, 5.41) is 0. The molecule has 2 bridgehead atoms. The van der Waals surface area contributed by atoms with E-state index in [1.165, 1.54) is 4.90 Å². The summed E-state index contributed by atoms with van der Waals surface area (Å²) in [5.41, 5.74) is 0.983. The van der Waals surface area contributed by atoms with Crippen molar-refractivity contribution in [3.63, 3.8) is 0 Å². The van der Waals surface area contributed by atoms with Gasteiger partial charge in [0.25, 0.3) is 0 Å². The fraction of sp³-hybridized carbons (Fsp3) is 0.292. The molecule has 30 heavy (non-hydrogen) atoms. The predicted molar refractivity (Wildman–Crippen MR) is 109 cm³/mol. The van der Waals surface area contributed by atoms with Gasteiger partial charge in [0.05, 0.1) is 24.6 Å². The lowest BCUT2D eigenvalue weighted by Crippen LogP contribution is -2.32. The third-order valence-corrected chi connectivity index (χ3v) is 6.31. The number of hydrogen-bond donors (Lipinski definition) is 0. The van der Waals surface area contributed by atoms with Crippen LogP contribution in [0.2, 0.25) is 0 Å². The van der Waals surface area contributed by atoms with Crippen molar-refractivity contribution in [2.75, 3.05) is 18.6 Å². The molecule has 1 saturated carbocycles. The Morgan fingerprint density at radius 3 is 2.33 bits per heavy atom. The quantitative estimate of drug-likeness (QED) is 0.421. The molecule has 1 heterocycles. The van der Waals surface area contributed by atoms with E-state index in [2.05, 4.69) is 12.2 Å². The Morgan fingerprint density at radius 1 is 0.967 bits per heavy atom. The highest BCUT2D eigenvalue weighted by Crippen LogP contribution is 2.53. The number of benzene rings is 2. The van der Waals surface area contributed by atoms with Gasteiger partial charge in [-0.25, -0.2) is 4.90 Å². The highest BCUT2D eigenvalue weighted by molar-refractivity contribution is 6.22. The number of anilines is 1. The smallest absolute Gasteiger partial charge is 0.238 e. The Kier molecular flexibility index (Phi) is 4.42. The van der Waals surface area contributed by atoms with Crippen LogP contribution < -0.4 is 14.4 Å². The molecule has 2 aliphatic carbocycles. The maximum absolute atomic E-state index is 13.0. The van der Waals surface area contributed by atoms with Crippen molar-refractivity contribution in [2.24, 2.45) is 23.7 Å². The van der Waals surface area contributed by atoms with Gasteiger partial charge in [-0.2, -0.15) is 0 Å². The molecule has 2 fully saturated rings. The Balaban J connectivity index is 1.31. The Bertz CT molecular complexity index is 1040. The molecule has 1 saturated heterocycles. The summed E-state index contributed by atoms with van der Waals surface area (Å²) in [5.74, 6) is 0.425. The largest absolute Gasteiger partial charge is 0.497 e. The topological polar surface area (TPSA) is 72.9 Å². The lowest BCUT2D eigenvalue weighted by atomic mass is 9.85. The Hall–Kier alpha value is -3.41. The average Bonchev–Trinajstić information content (AvgIpc) is 3.46. The maximum Gasteiger partial charge on any atom is 0.238 e. The van der Waals surface area contributed by atoms with E-state index in [0.717, 1.165) is 6.42 Å². The lowest BCUT2D eigenvalue weighted by Gasteiger charge is -2.18. The van der Waals surface area contributed by atoms with Crippen LogP contribution in [0, 0.1) is 23.7 Å². The van der Waals surface area contributed by atoms with E-state index in [0.29, 0.717) is 22.7 Å². The third kappa shape index (κ3) is 2.91. The second-order valence-electron chi connectivity index (χ2n) is 7.95. The molecule has 0 unspecified atom stereocenters. The first-order chi connectivity index (χ1) is 14.6. The SMILES string of the molecule is COc1cccc(C(=O)COc2cccc(N3C(=O)[C@@H]4[C@@H](C3=O)[C@@H]3C=C[C@@H]4C3)c2)c1. The molecule has 6 heteroatoms. The zero-order chi connectivity index (χ0) is 20.8. The molecule has 0 aromatic heterocycles. The van der Waals surface area contributed by atoms with E-state index in [1.54, 1.807) is 55.6 Å². The molecule has 0 spiro atoms. The number of rotatable bonds is 6. The standard InChI is InChI=1S/C24H21NO5/c1-29-18-6-2-4-14(11-18)20(26)13-30-19-7-3-5-17(12-19)25-23(27)21-15-8-9-16(10-15)22(21)24(25)28/h2-9,11-12,15-16,21-22H,10,13H2,1H3/t15-,16-,21+,22+/m1/s1. The number of fused-ring (bicyclic) bond motifs is 5. The number of allylic oxidation sites excluding steroid dienone is 2. The molecular weight excluding hydrogens is 382 g/mol. The van der Waals surface area contributed by atoms with Crippen LogP contribution in [0.25, 0.3) is 0 Å². The van der Waals surface area contributed by atoms with Crippen LogP contribution in [0.15, 0.2) is 60.7 Å². The predicted octanol–water partition coefficient (Wildman–Crippen LogP) is 3.27. The third-order valence-electron chi connectivity index (χ3n) is 6.31. The number of ketones is 1. The van der Waals surface area contributed by atoms with Gasteiger partial charge < -0.3 is 9.47 Å². The first-order valence-corrected chi connectivity index (χ1v) is 10.0. The van der Waals surface area contributed by atoms with E-state index in [-0.39, 0.29) is 47.9 Å². The van der Waals surface area contributed by atoms with E-state index in [1.807, 2.05) is 0 Å². The van der Waals surface area contributed by atoms with Gasteiger partial charge in [0.2, 0.25) is 11.8 Å². The van der Waals surface area contributed by atoms with Crippen LogP contribution in [0.4, 0.5) is 5.69 Å². The number of amides is 2. The number of carbonyl (C=O) groups is 3. The van der Waals surface area contributed by atoms with Gasteiger partial charge >= 0.3 is 0 Å². The summed E-state index contributed by atoms with van der Waals surface area (Å²) in [6, 6.07) is 13.7. The molecule has 2 aromatic rings. The van der Waals surface area contributed by atoms with E-state index < -0.39 is 0 Å². The normalized spacial score (nSPS) is 26.2. The maximum atomic E-state index is 13.0. The van der Waals surface area contributed by atoms with Crippen LogP contribution in [0.3, 0.4) is 0 Å².